The van der Waals surface area contributed by atoms with Gasteiger partial charge in [-0.1, -0.05) is 59.9 Å². The van der Waals surface area contributed by atoms with E-state index in [2.05, 4.69) is 15.3 Å². The number of fused-ring (bicyclic) bond motifs is 1. The topological polar surface area (TPSA) is 69.4 Å². The van der Waals surface area contributed by atoms with Crippen LogP contribution in [0.1, 0.15) is 18.0 Å². The molecule has 0 fully saturated rings. The van der Waals surface area contributed by atoms with Gasteiger partial charge in [-0.05, 0) is 19.1 Å². The maximum atomic E-state index is 12.7. The van der Waals surface area contributed by atoms with Gasteiger partial charge in [0, 0.05) is 5.56 Å². The fourth-order valence-corrected chi connectivity index (χ4v) is 3.24. The molecule has 4 aromatic rings. The van der Waals surface area contributed by atoms with Crippen LogP contribution in [0.2, 0.25) is 0 Å². The van der Waals surface area contributed by atoms with Gasteiger partial charge in [-0.2, -0.15) is 9.61 Å². The molecule has 25 heavy (non-hydrogen) atoms. The fourth-order valence-electron chi connectivity index (χ4n) is 2.42. The summed E-state index contributed by atoms with van der Waals surface area (Å²) in [6.07, 6.45) is -0.298. The second-order valence-electron chi connectivity index (χ2n) is 5.43. The van der Waals surface area contributed by atoms with Crippen LogP contribution in [0.3, 0.4) is 0 Å². The molecule has 0 saturated carbocycles. The lowest BCUT2D eigenvalue weighted by Gasteiger charge is -2.10. The van der Waals surface area contributed by atoms with E-state index in [1.807, 2.05) is 67.6 Å². The number of aromatic nitrogens is 4. The molecule has 0 radical (unpaired) electrons. The molecule has 0 amide bonds. The molecule has 2 aromatic heterocycles. The zero-order valence-electron chi connectivity index (χ0n) is 13.4. The summed E-state index contributed by atoms with van der Waals surface area (Å²) in [5, 5.41) is 13.3. The Morgan fingerprint density at radius 3 is 2.40 bits per heavy atom. The Bertz CT molecular complexity index is 1060. The summed E-state index contributed by atoms with van der Waals surface area (Å²) in [6, 6.07) is 18.7. The molecule has 0 saturated heterocycles. The van der Waals surface area contributed by atoms with Crippen LogP contribution in [0.4, 0.5) is 0 Å². The highest BCUT2D eigenvalue weighted by atomic mass is 32.1. The van der Waals surface area contributed by atoms with Gasteiger partial charge >= 0.3 is 5.56 Å². The van der Waals surface area contributed by atoms with Crippen LogP contribution in [0, 0.1) is 0 Å². The normalized spacial score (nSPS) is 12.2. The number of benzene rings is 2. The van der Waals surface area contributed by atoms with E-state index in [9.17, 15) is 4.79 Å². The zero-order valence-corrected chi connectivity index (χ0v) is 14.2. The number of rotatable bonds is 4. The largest absolute Gasteiger partial charge is 0.483 e. The van der Waals surface area contributed by atoms with Crippen molar-refractivity contribution >= 4 is 16.3 Å². The monoisotopic (exact) mass is 350 g/mol. The third kappa shape index (κ3) is 3.01. The second-order valence-corrected chi connectivity index (χ2v) is 6.42. The third-order valence-corrected chi connectivity index (χ3v) is 4.72. The summed E-state index contributed by atoms with van der Waals surface area (Å²) in [7, 11) is 0. The number of para-hydroxylation sites is 1. The van der Waals surface area contributed by atoms with Crippen LogP contribution in [-0.4, -0.2) is 19.8 Å². The Balaban J connectivity index is 1.71. The second kappa shape index (κ2) is 6.45. The van der Waals surface area contributed by atoms with Crippen molar-refractivity contribution in [3.05, 3.63) is 76.0 Å². The van der Waals surface area contributed by atoms with Crippen molar-refractivity contribution in [3.63, 3.8) is 0 Å². The van der Waals surface area contributed by atoms with E-state index in [4.69, 9.17) is 4.74 Å². The van der Waals surface area contributed by atoms with Crippen molar-refractivity contribution in [2.75, 3.05) is 0 Å². The van der Waals surface area contributed by atoms with E-state index in [1.54, 1.807) is 0 Å². The standard InChI is InChI=1S/C18H14N4O2S/c1-12(24-14-10-6-3-7-11-14)16-21-22-17(23)15(19-20-18(22)25-16)13-8-4-2-5-9-13/h2-12H,1H3/t12-/m1/s1. The molecular formula is C18H14N4O2S. The molecule has 1 atom stereocenters. The summed E-state index contributed by atoms with van der Waals surface area (Å²) in [5.41, 5.74) is 0.717. The van der Waals surface area contributed by atoms with Crippen LogP contribution in [0.15, 0.2) is 65.5 Å². The smallest absolute Gasteiger partial charge is 0.302 e. The number of ether oxygens (including phenoxy) is 1. The van der Waals surface area contributed by atoms with Crippen LogP contribution in [0.5, 0.6) is 5.75 Å². The molecule has 0 spiro atoms. The molecule has 2 aromatic carbocycles. The van der Waals surface area contributed by atoms with Gasteiger partial charge in [0.15, 0.2) is 10.7 Å². The maximum Gasteiger partial charge on any atom is 0.302 e. The highest BCUT2D eigenvalue weighted by molar-refractivity contribution is 7.16. The van der Waals surface area contributed by atoms with Gasteiger partial charge in [0.1, 0.15) is 11.9 Å². The van der Waals surface area contributed by atoms with Gasteiger partial charge in [0.05, 0.1) is 0 Å². The molecule has 124 valence electrons. The summed E-state index contributed by atoms with van der Waals surface area (Å²) in [6.45, 7) is 1.89. The lowest BCUT2D eigenvalue weighted by molar-refractivity contribution is 0.225. The van der Waals surface area contributed by atoms with Gasteiger partial charge in [-0.3, -0.25) is 4.79 Å². The van der Waals surface area contributed by atoms with Crippen molar-refractivity contribution in [2.45, 2.75) is 13.0 Å². The van der Waals surface area contributed by atoms with Gasteiger partial charge in [0.25, 0.3) is 0 Å². The molecule has 2 heterocycles. The average molecular weight is 350 g/mol. The van der Waals surface area contributed by atoms with Crippen LogP contribution in [0.25, 0.3) is 16.2 Å². The molecule has 0 aliphatic heterocycles. The van der Waals surface area contributed by atoms with Crippen molar-refractivity contribution in [1.82, 2.24) is 19.8 Å². The Kier molecular flexibility index (Phi) is 3.99. The van der Waals surface area contributed by atoms with Crippen molar-refractivity contribution in [2.24, 2.45) is 0 Å². The SMILES string of the molecule is C[C@@H](Oc1ccccc1)c1nn2c(=O)c(-c3ccccc3)nnc2s1. The summed E-state index contributed by atoms with van der Waals surface area (Å²) in [5.74, 6) is 0.748. The Labute approximate surface area is 147 Å². The fraction of sp³-hybridized carbons (Fsp3) is 0.111. The Hall–Kier alpha value is -3.06. The molecule has 0 bridgehead atoms. The predicted octanol–water partition coefficient (Wildman–Crippen LogP) is 3.35. The van der Waals surface area contributed by atoms with Crippen LogP contribution < -0.4 is 10.3 Å². The molecule has 0 aliphatic rings. The van der Waals surface area contributed by atoms with Crippen LogP contribution in [-0.2, 0) is 0 Å². The highest BCUT2D eigenvalue weighted by Crippen LogP contribution is 2.24. The third-order valence-electron chi connectivity index (χ3n) is 3.66. The van der Waals surface area contributed by atoms with Crippen molar-refractivity contribution < 1.29 is 4.74 Å². The quantitative estimate of drug-likeness (QED) is 0.564. The van der Waals surface area contributed by atoms with Crippen molar-refractivity contribution in [1.29, 1.82) is 0 Å². The van der Waals surface area contributed by atoms with Gasteiger partial charge < -0.3 is 4.74 Å². The number of hydrogen-bond acceptors (Lipinski definition) is 6. The predicted molar refractivity (Wildman–Crippen MR) is 95.9 cm³/mol. The van der Waals surface area contributed by atoms with E-state index in [0.717, 1.165) is 11.3 Å². The molecule has 0 unspecified atom stereocenters. The lowest BCUT2D eigenvalue weighted by atomic mass is 10.2. The van der Waals surface area contributed by atoms with Crippen molar-refractivity contribution in [3.8, 4) is 17.0 Å². The van der Waals surface area contributed by atoms with E-state index in [1.165, 1.54) is 15.9 Å². The minimum atomic E-state index is -0.298. The minimum absolute atomic E-state index is 0.284. The van der Waals surface area contributed by atoms with Crippen LogP contribution >= 0.6 is 11.3 Å². The Morgan fingerprint density at radius 1 is 1.00 bits per heavy atom. The zero-order chi connectivity index (χ0) is 17.2. The van der Waals surface area contributed by atoms with Gasteiger partial charge in [0.2, 0.25) is 4.96 Å². The summed E-state index contributed by atoms with van der Waals surface area (Å²) < 4.78 is 7.16. The van der Waals surface area contributed by atoms with E-state index in [0.29, 0.717) is 9.97 Å². The average Bonchev–Trinajstić information content (AvgIpc) is 3.09. The first-order valence-electron chi connectivity index (χ1n) is 7.76. The van der Waals surface area contributed by atoms with Gasteiger partial charge in [-0.15, -0.1) is 10.2 Å². The summed E-state index contributed by atoms with van der Waals surface area (Å²) in [4.78, 5) is 13.1. The number of hydrogen-bond donors (Lipinski definition) is 0. The van der Waals surface area contributed by atoms with E-state index in [-0.39, 0.29) is 17.4 Å². The first kappa shape index (κ1) is 15.5. The maximum absolute atomic E-state index is 12.7. The van der Waals surface area contributed by atoms with E-state index >= 15 is 0 Å². The first-order valence-corrected chi connectivity index (χ1v) is 8.57. The highest BCUT2D eigenvalue weighted by Gasteiger charge is 2.17. The molecule has 0 N–H and O–H groups in total. The molecule has 4 rings (SSSR count). The summed E-state index contributed by atoms with van der Waals surface area (Å²) >= 11 is 1.30. The van der Waals surface area contributed by atoms with Gasteiger partial charge in [-0.25, -0.2) is 0 Å². The lowest BCUT2D eigenvalue weighted by Crippen LogP contribution is -2.19. The van der Waals surface area contributed by atoms with E-state index < -0.39 is 0 Å². The number of nitrogens with zero attached hydrogens (tertiary/aromatic N) is 4. The molecule has 7 heteroatoms. The minimum Gasteiger partial charge on any atom is -0.483 e. The Morgan fingerprint density at radius 2 is 1.68 bits per heavy atom. The molecular weight excluding hydrogens is 336 g/mol. The molecule has 6 nitrogen and oxygen atoms in total. The first-order chi connectivity index (χ1) is 12.2. The molecule has 0 aliphatic carbocycles.